The van der Waals surface area contributed by atoms with Gasteiger partial charge in [-0.25, -0.2) is 9.69 Å². The maximum Gasteiger partial charge on any atom is 0.416 e. The maximum atomic E-state index is 12.8. The first kappa shape index (κ1) is 19.8. The number of fused-ring (bicyclic) bond motifs is 1. The standard InChI is InChI=1S/C23H20ClNO3S/c24-18-10-8-16(9-11-18)15-29-21(14-22(26)25-12-13-28-23(25)27)20-7-3-5-17-4-1-2-6-19(17)20/h1-11,21H,12-15H2/t21-/m1/s1. The van der Waals surface area contributed by atoms with E-state index in [1.165, 1.54) is 4.90 Å². The van der Waals surface area contributed by atoms with Gasteiger partial charge in [0, 0.05) is 22.4 Å². The molecule has 0 aromatic heterocycles. The number of cyclic esters (lactones) is 1. The summed E-state index contributed by atoms with van der Waals surface area (Å²) in [5, 5.41) is 2.88. The zero-order valence-electron chi connectivity index (χ0n) is 15.7. The third-order valence-electron chi connectivity index (χ3n) is 4.96. The summed E-state index contributed by atoms with van der Waals surface area (Å²) in [6.45, 7) is 0.587. The van der Waals surface area contributed by atoms with Crippen LogP contribution in [0.3, 0.4) is 0 Å². The van der Waals surface area contributed by atoms with E-state index in [0.717, 1.165) is 27.7 Å². The lowest BCUT2D eigenvalue weighted by atomic mass is 10.00. The van der Waals surface area contributed by atoms with Gasteiger partial charge in [0.1, 0.15) is 6.61 Å². The fraction of sp³-hybridized carbons (Fsp3) is 0.217. The lowest BCUT2D eigenvalue weighted by molar-refractivity contribution is -0.127. The zero-order valence-corrected chi connectivity index (χ0v) is 17.3. The van der Waals surface area contributed by atoms with Gasteiger partial charge >= 0.3 is 6.09 Å². The second-order valence-electron chi connectivity index (χ2n) is 6.86. The van der Waals surface area contributed by atoms with Crippen LogP contribution in [0.1, 0.15) is 22.8 Å². The van der Waals surface area contributed by atoms with E-state index >= 15 is 0 Å². The van der Waals surface area contributed by atoms with Gasteiger partial charge in [-0.1, -0.05) is 66.2 Å². The van der Waals surface area contributed by atoms with Crippen LogP contribution in [0.15, 0.2) is 66.7 Å². The fourth-order valence-corrected chi connectivity index (χ4v) is 4.81. The lowest BCUT2D eigenvalue weighted by Crippen LogP contribution is -2.32. The highest BCUT2D eigenvalue weighted by atomic mass is 35.5. The highest BCUT2D eigenvalue weighted by Gasteiger charge is 2.30. The van der Waals surface area contributed by atoms with Crippen LogP contribution < -0.4 is 0 Å². The van der Waals surface area contributed by atoms with E-state index in [0.29, 0.717) is 11.6 Å². The number of rotatable bonds is 6. The molecule has 6 heteroatoms. The molecule has 1 heterocycles. The summed E-state index contributed by atoms with van der Waals surface area (Å²) < 4.78 is 4.93. The van der Waals surface area contributed by atoms with Crippen molar-refractivity contribution in [3.8, 4) is 0 Å². The Bertz CT molecular complexity index is 1030. The molecule has 3 aromatic rings. The predicted octanol–water partition coefficient (Wildman–Crippen LogP) is 5.84. The molecule has 0 unspecified atom stereocenters. The monoisotopic (exact) mass is 425 g/mol. The van der Waals surface area contributed by atoms with Crippen LogP contribution in [0.25, 0.3) is 10.8 Å². The van der Waals surface area contributed by atoms with E-state index in [4.69, 9.17) is 16.3 Å². The summed E-state index contributed by atoms with van der Waals surface area (Å²) in [5.74, 6) is 0.539. The molecule has 1 saturated heterocycles. The average molecular weight is 426 g/mol. The molecule has 1 fully saturated rings. The van der Waals surface area contributed by atoms with Crippen molar-refractivity contribution in [2.75, 3.05) is 13.2 Å². The third-order valence-corrected chi connectivity index (χ3v) is 6.53. The number of carbonyl (C=O) groups is 2. The van der Waals surface area contributed by atoms with E-state index < -0.39 is 6.09 Å². The maximum absolute atomic E-state index is 12.8. The normalized spacial score (nSPS) is 14.8. The van der Waals surface area contributed by atoms with Gasteiger partial charge in [-0.15, -0.1) is 11.8 Å². The predicted molar refractivity (Wildman–Crippen MR) is 117 cm³/mol. The van der Waals surface area contributed by atoms with Gasteiger partial charge in [-0.3, -0.25) is 4.79 Å². The number of benzene rings is 3. The quantitative estimate of drug-likeness (QED) is 0.498. The summed E-state index contributed by atoms with van der Waals surface area (Å²) in [6.07, 6.45) is -0.309. The summed E-state index contributed by atoms with van der Waals surface area (Å²) in [7, 11) is 0. The van der Waals surface area contributed by atoms with Gasteiger partial charge in [0.05, 0.1) is 6.54 Å². The van der Waals surface area contributed by atoms with Crippen LogP contribution in [-0.4, -0.2) is 30.1 Å². The van der Waals surface area contributed by atoms with E-state index in [1.807, 2.05) is 42.5 Å². The number of nitrogens with zero attached hydrogens (tertiary/aromatic N) is 1. The molecule has 0 saturated carbocycles. The van der Waals surface area contributed by atoms with Crippen LogP contribution in [-0.2, 0) is 15.3 Å². The highest BCUT2D eigenvalue weighted by molar-refractivity contribution is 7.98. The van der Waals surface area contributed by atoms with Crippen LogP contribution in [0.2, 0.25) is 5.02 Å². The number of thioether (sulfide) groups is 1. The number of amides is 2. The number of carbonyl (C=O) groups excluding carboxylic acids is 2. The first-order chi connectivity index (χ1) is 14.1. The van der Waals surface area contributed by atoms with Crippen LogP contribution in [0.5, 0.6) is 0 Å². The topological polar surface area (TPSA) is 46.6 Å². The molecule has 1 atom stereocenters. The minimum absolute atomic E-state index is 0.0855. The molecule has 1 aliphatic heterocycles. The Morgan fingerprint density at radius 2 is 1.83 bits per heavy atom. The molecule has 0 bridgehead atoms. The smallest absolute Gasteiger partial charge is 0.416 e. The summed E-state index contributed by atoms with van der Waals surface area (Å²) in [5.41, 5.74) is 2.24. The number of hydrogen-bond acceptors (Lipinski definition) is 4. The Morgan fingerprint density at radius 3 is 2.59 bits per heavy atom. The molecule has 2 amide bonds. The number of imide groups is 1. The molecule has 4 nitrogen and oxygen atoms in total. The van der Waals surface area contributed by atoms with Crippen molar-refractivity contribution >= 4 is 46.1 Å². The second-order valence-corrected chi connectivity index (χ2v) is 8.49. The molecule has 0 radical (unpaired) electrons. The fourth-order valence-electron chi connectivity index (χ4n) is 3.46. The molecule has 3 aromatic carbocycles. The molecule has 0 N–H and O–H groups in total. The molecular weight excluding hydrogens is 406 g/mol. The molecule has 1 aliphatic rings. The first-order valence-electron chi connectivity index (χ1n) is 9.42. The van der Waals surface area contributed by atoms with E-state index in [9.17, 15) is 9.59 Å². The molecule has 0 aliphatic carbocycles. The molecule has 0 spiro atoms. The van der Waals surface area contributed by atoms with E-state index in [1.54, 1.807) is 11.8 Å². The van der Waals surface area contributed by atoms with Crippen LogP contribution in [0.4, 0.5) is 4.79 Å². The molecule has 148 valence electrons. The SMILES string of the molecule is O=C(C[C@@H](SCc1ccc(Cl)cc1)c1cccc2ccccc12)N1CCOC1=O. The highest BCUT2D eigenvalue weighted by Crippen LogP contribution is 2.39. The van der Waals surface area contributed by atoms with Gasteiger partial charge in [-0.05, 0) is 34.0 Å². The van der Waals surface area contributed by atoms with Gasteiger partial charge in [-0.2, -0.15) is 0 Å². The van der Waals surface area contributed by atoms with Crippen molar-refractivity contribution in [2.45, 2.75) is 17.4 Å². The summed E-state index contributed by atoms with van der Waals surface area (Å²) >= 11 is 7.68. The third kappa shape index (κ3) is 4.57. The number of hydrogen-bond donors (Lipinski definition) is 0. The Labute approximate surface area is 178 Å². The lowest BCUT2D eigenvalue weighted by Gasteiger charge is -2.21. The Balaban J connectivity index is 1.61. The molecule has 4 rings (SSSR count). The Morgan fingerprint density at radius 1 is 1.07 bits per heavy atom. The average Bonchev–Trinajstić information content (AvgIpc) is 3.18. The van der Waals surface area contributed by atoms with Crippen molar-refractivity contribution < 1.29 is 14.3 Å². The van der Waals surface area contributed by atoms with Crippen LogP contribution in [0, 0.1) is 0 Å². The summed E-state index contributed by atoms with van der Waals surface area (Å²) in [4.78, 5) is 25.9. The van der Waals surface area contributed by atoms with Crippen molar-refractivity contribution in [1.29, 1.82) is 0 Å². The number of halogens is 1. The molecule has 29 heavy (non-hydrogen) atoms. The molecular formula is C23H20ClNO3S. The first-order valence-corrected chi connectivity index (χ1v) is 10.9. The van der Waals surface area contributed by atoms with Gasteiger partial charge < -0.3 is 4.74 Å². The summed E-state index contributed by atoms with van der Waals surface area (Å²) in [6, 6.07) is 22.0. The van der Waals surface area contributed by atoms with Gasteiger partial charge in [0.25, 0.3) is 0 Å². The Kier molecular flexibility index (Phi) is 6.07. The minimum Gasteiger partial charge on any atom is -0.447 e. The van der Waals surface area contributed by atoms with Crippen molar-refractivity contribution in [1.82, 2.24) is 4.90 Å². The largest absolute Gasteiger partial charge is 0.447 e. The zero-order chi connectivity index (χ0) is 20.2. The van der Waals surface area contributed by atoms with Crippen LogP contribution >= 0.6 is 23.4 Å². The minimum atomic E-state index is -0.547. The Hall–Kier alpha value is -2.50. The van der Waals surface area contributed by atoms with Gasteiger partial charge in [0.2, 0.25) is 5.91 Å². The van der Waals surface area contributed by atoms with Gasteiger partial charge in [0.15, 0.2) is 0 Å². The van der Waals surface area contributed by atoms with Crippen molar-refractivity contribution in [3.05, 3.63) is 82.9 Å². The van der Waals surface area contributed by atoms with E-state index in [-0.39, 0.29) is 24.2 Å². The number of ether oxygens (including phenoxy) is 1. The van der Waals surface area contributed by atoms with E-state index in [2.05, 4.69) is 24.3 Å². The van der Waals surface area contributed by atoms with Crippen molar-refractivity contribution in [3.63, 3.8) is 0 Å². The second kappa shape index (κ2) is 8.89. The van der Waals surface area contributed by atoms with Crippen molar-refractivity contribution in [2.24, 2.45) is 0 Å².